The first-order chi connectivity index (χ1) is 7.27. The second-order valence-corrected chi connectivity index (χ2v) is 3.48. The molecule has 0 saturated carbocycles. The van der Waals surface area contributed by atoms with Gasteiger partial charge in [0, 0.05) is 24.8 Å². The van der Waals surface area contributed by atoms with Gasteiger partial charge < -0.3 is 9.67 Å². The van der Waals surface area contributed by atoms with Crippen LogP contribution in [0.25, 0.3) is 0 Å². The Morgan fingerprint density at radius 1 is 1.33 bits per heavy atom. The van der Waals surface area contributed by atoms with E-state index in [0.29, 0.717) is 11.8 Å². The van der Waals surface area contributed by atoms with E-state index in [0.717, 1.165) is 5.56 Å². The number of hydrogen-bond acceptors (Lipinski definition) is 3. The Hall–Kier alpha value is -1.39. The lowest BCUT2D eigenvalue weighted by molar-refractivity contribution is 0.156. The molecule has 0 unspecified atom stereocenters. The Morgan fingerprint density at radius 3 is 2.67 bits per heavy atom. The Bertz CT molecular complexity index is 429. The topological polar surface area (TPSA) is 50.9 Å². The van der Waals surface area contributed by atoms with E-state index < -0.39 is 6.10 Å². The summed E-state index contributed by atoms with van der Waals surface area (Å²) in [6.07, 6.45) is 6.02. The molecular weight excluding hydrogens is 214 g/mol. The van der Waals surface area contributed by atoms with Crippen LogP contribution in [-0.4, -0.2) is 19.6 Å². The van der Waals surface area contributed by atoms with E-state index >= 15 is 0 Å². The van der Waals surface area contributed by atoms with Gasteiger partial charge in [-0.1, -0.05) is 0 Å². The van der Waals surface area contributed by atoms with Crippen LogP contribution in [0.3, 0.4) is 0 Å². The number of pyridine rings is 1. The maximum Gasteiger partial charge on any atom is 0.202 e. The molecule has 4 nitrogen and oxygen atoms in total. The van der Waals surface area contributed by atoms with Gasteiger partial charge in [-0.3, -0.25) is 4.98 Å². The minimum Gasteiger partial charge on any atom is -0.387 e. The smallest absolute Gasteiger partial charge is 0.202 e. The molecule has 5 heteroatoms. The van der Waals surface area contributed by atoms with Crippen LogP contribution >= 0.6 is 11.6 Å². The van der Waals surface area contributed by atoms with Gasteiger partial charge in [0.25, 0.3) is 0 Å². The molecule has 0 aliphatic rings. The number of rotatable bonds is 3. The molecule has 78 valence electrons. The molecule has 15 heavy (non-hydrogen) atoms. The van der Waals surface area contributed by atoms with Crippen molar-refractivity contribution in [3.8, 4) is 0 Å². The molecule has 2 aromatic heterocycles. The van der Waals surface area contributed by atoms with Crippen LogP contribution in [0, 0.1) is 0 Å². The zero-order valence-electron chi connectivity index (χ0n) is 7.92. The van der Waals surface area contributed by atoms with E-state index in [1.807, 2.05) is 0 Å². The molecule has 0 fully saturated rings. The summed E-state index contributed by atoms with van der Waals surface area (Å²) in [6.45, 7) is 0.392. The van der Waals surface area contributed by atoms with Gasteiger partial charge in [-0.15, -0.1) is 0 Å². The highest BCUT2D eigenvalue weighted by Crippen LogP contribution is 2.16. The maximum atomic E-state index is 9.88. The third-order valence-electron chi connectivity index (χ3n) is 2.13. The molecule has 2 heterocycles. The Labute approximate surface area is 92.2 Å². The fraction of sp³-hybridized carbons (Fsp3) is 0.200. The molecule has 0 bridgehead atoms. The van der Waals surface area contributed by atoms with Gasteiger partial charge in [-0.25, -0.2) is 4.98 Å². The van der Waals surface area contributed by atoms with Crippen molar-refractivity contribution in [1.82, 2.24) is 14.5 Å². The molecule has 2 rings (SSSR count). The van der Waals surface area contributed by atoms with Gasteiger partial charge in [-0.05, 0) is 29.3 Å². The summed E-state index contributed by atoms with van der Waals surface area (Å²) in [5.41, 5.74) is 0.815. The van der Waals surface area contributed by atoms with Crippen molar-refractivity contribution < 1.29 is 5.11 Å². The lowest BCUT2D eigenvalue weighted by Gasteiger charge is -2.11. The number of aliphatic hydroxyl groups excluding tert-OH is 1. The average molecular weight is 224 g/mol. The molecule has 0 amide bonds. The number of aromatic nitrogens is 3. The van der Waals surface area contributed by atoms with E-state index in [4.69, 9.17) is 11.6 Å². The highest BCUT2D eigenvalue weighted by molar-refractivity contribution is 6.28. The predicted molar refractivity (Wildman–Crippen MR) is 56.4 cm³/mol. The summed E-state index contributed by atoms with van der Waals surface area (Å²) in [5, 5.41) is 10.3. The molecule has 1 N–H and O–H groups in total. The van der Waals surface area contributed by atoms with Crippen LogP contribution in [0.5, 0.6) is 0 Å². The molecular formula is C10H10ClN3O. The van der Waals surface area contributed by atoms with Gasteiger partial charge >= 0.3 is 0 Å². The molecule has 1 atom stereocenters. The standard InChI is InChI=1S/C10H10ClN3O/c11-10-13-5-6-14(10)7-9(15)8-1-3-12-4-2-8/h1-6,9,15H,7H2/t9-/m0/s1. The first-order valence-electron chi connectivity index (χ1n) is 4.52. The van der Waals surface area contributed by atoms with Crippen molar-refractivity contribution in [2.75, 3.05) is 0 Å². The van der Waals surface area contributed by atoms with Crippen molar-refractivity contribution in [1.29, 1.82) is 0 Å². The van der Waals surface area contributed by atoms with Crippen molar-refractivity contribution in [2.45, 2.75) is 12.6 Å². The number of aliphatic hydroxyl groups is 1. The summed E-state index contributed by atoms with van der Waals surface area (Å²) in [7, 11) is 0. The summed E-state index contributed by atoms with van der Waals surface area (Å²) in [6, 6.07) is 3.55. The second kappa shape index (κ2) is 4.42. The highest BCUT2D eigenvalue weighted by Gasteiger charge is 2.09. The molecule has 0 aliphatic heterocycles. The van der Waals surface area contributed by atoms with Crippen molar-refractivity contribution in [3.63, 3.8) is 0 Å². The van der Waals surface area contributed by atoms with Crippen LogP contribution in [0.1, 0.15) is 11.7 Å². The van der Waals surface area contributed by atoms with Crippen LogP contribution in [0.2, 0.25) is 5.28 Å². The van der Waals surface area contributed by atoms with Gasteiger partial charge in [0.15, 0.2) is 0 Å². The zero-order chi connectivity index (χ0) is 10.7. The SMILES string of the molecule is O[C@@H](Cn1ccnc1Cl)c1ccncc1. The number of hydrogen-bond donors (Lipinski definition) is 1. The quantitative estimate of drug-likeness (QED) is 0.861. The molecule has 0 saturated heterocycles. The lowest BCUT2D eigenvalue weighted by atomic mass is 10.1. The largest absolute Gasteiger partial charge is 0.387 e. The average Bonchev–Trinajstić information content (AvgIpc) is 2.66. The number of imidazole rings is 1. The molecule has 0 radical (unpaired) electrons. The Balaban J connectivity index is 2.11. The van der Waals surface area contributed by atoms with Crippen molar-refractivity contribution >= 4 is 11.6 Å². The summed E-state index contributed by atoms with van der Waals surface area (Å²) in [5.74, 6) is 0. The molecule has 0 spiro atoms. The summed E-state index contributed by atoms with van der Waals surface area (Å²) < 4.78 is 1.69. The van der Waals surface area contributed by atoms with E-state index in [-0.39, 0.29) is 0 Å². The third kappa shape index (κ3) is 2.34. The highest BCUT2D eigenvalue weighted by atomic mass is 35.5. The number of halogens is 1. The fourth-order valence-electron chi connectivity index (χ4n) is 1.32. The monoisotopic (exact) mass is 223 g/mol. The summed E-state index contributed by atoms with van der Waals surface area (Å²) >= 11 is 5.80. The van der Waals surface area contributed by atoms with E-state index in [1.54, 1.807) is 41.5 Å². The van der Waals surface area contributed by atoms with Crippen molar-refractivity contribution in [3.05, 3.63) is 47.8 Å². The lowest BCUT2D eigenvalue weighted by Crippen LogP contribution is -2.08. The zero-order valence-corrected chi connectivity index (χ0v) is 8.67. The van der Waals surface area contributed by atoms with E-state index in [2.05, 4.69) is 9.97 Å². The maximum absolute atomic E-state index is 9.88. The van der Waals surface area contributed by atoms with Crippen LogP contribution in [0.15, 0.2) is 36.9 Å². The van der Waals surface area contributed by atoms with Crippen LogP contribution < -0.4 is 0 Å². The number of nitrogens with zero attached hydrogens (tertiary/aromatic N) is 3. The van der Waals surface area contributed by atoms with Gasteiger partial charge in [0.2, 0.25) is 5.28 Å². The van der Waals surface area contributed by atoms with Crippen LogP contribution in [0.4, 0.5) is 0 Å². The first kappa shape index (κ1) is 10.1. The Kier molecular flexibility index (Phi) is 2.99. The minimum absolute atomic E-state index is 0.378. The normalized spacial score (nSPS) is 12.7. The molecule has 2 aromatic rings. The third-order valence-corrected chi connectivity index (χ3v) is 2.44. The predicted octanol–water partition coefficient (Wildman–Crippen LogP) is 1.67. The minimum atomic E-state index is -0.598. The van der Waals surface area contributed by atoms with E-state index in [1.165, 1.54) is 0 Å². The molecule has 0 aliphatic carbocycles. The second-order valence-electron chi connectivity index (χ2n) is 3.14. The van der Waals surface area contributed by atoms with Crippen molar-refractivity contribution in [2.24, 2.45) is 0 Å². The van der Waals surface area contributed by atoms with Gasteiger partial charge in [-0.2, -0.15) is 0 Å². The first-order valence-corrected chi connectivity index (χ1v) is 4.90. The van der Waals surface area contributed by atoms with Gasteiger partial charge in [0.1, 0.15) is 0 Å². The molecule has 0 aromatic carbocycles. The summed E-state index contributed by atoms with van der Waals surface area (Å²) in [4.78, 5) is 7.75. The van der Waals surface area contributed by atoms with E-state index in [9.17, 15) is 5.11 Å². The Morgan fingerprint density at radius 2 is 2.07 bits per heavy atom. The van der Waals surface area contributed by atoms with Crippen LogP contribution in [-0.2, 0) is 6.54 Å². The van der Waals surface area contributed by atoms with Gasteiger partial charge in [0.05, 0.1) is 12.6 Å². The fourth-order valence-corrected chi connectivity index (χ4v) is 1.51.